The molecular weight excluding hydrogens is 224 g/mol. The molecule has 0 aromatic carbocycles. The van der Waals surface area contributed by atoms with E-state index < -0.39 is 12.0 Å². The van der Waals surface area contributed by atoms with Gasteiger partial charge in [0.15, 0.2) is 0 Å². The average Bonchev–Trinajstić information content (AvgIpc) is 3.00. The fourth-order valence-corrected chi connectivity index (χ4v) is 1.96. The number of halogens is 2. The van der Waals surface area contributed by atoms with E-state index in [0.717, 1.165) is 12.8 Å². The Kier molecular flexibility index (Phi) is 4.84. The first kappa shape index (κ1) is 14.3. The Morgan fingerprint density at radius 2 is 2.12 bits per heavy atom. The van der Waals surface area contributed by atoms with Crippen molar-refractivity contribution >= 4 is 0 Å². The minimum absolute atomic E-state index is 0.0418. The maximum Gasteiger partial charge on any atom is 0.251 e. The van der Waals surface area contributed by atoms with Crippen LogP contribution >= 0.6 is 0 Å². The molecule has 0 radical (unpaired) electrons. The van der Waals surface area contributed by atoms with Crippen molar-refractivity contribution in [2.75, 3.05) is 13.6 Å². The van der Waals surface area contributed by atoms with Crippen molar-refractivity contribution in [3.05, 3.63) is 0 Å². The van der Waals surface area contributed by atoms with Crippen molar-refractivity contribution in [1.82, 2.24) is 10.2 Å². The molecule has 17 heavy (non-hydrogen) atoms. The van der Waals surface area contributed by atoms with E-state index in [1.165, 1.54) is 0 Å². The van der Waals surface area contributed by atoms with Gasteiger partial charge in [0.2, 0.25) is 0 Å². The van der Waals surface area contributed by atoms with E-state index in [4.69, 9.17) is 0 Å². The van der Waals surface area contributed by atoms with Gasteiger partial charge in [-0.05, 0) is 40.2 Å². The van der Waals surface area contributed by atoms with Crippen molar-refractivity contribution < 1.29 is 8.78 Å². The third-order valence-electron chi connectivity index (χ3n) is 3.23. The lowest BCUT2D eigenvalue weighted by Gasteiger charge is -2.31. The highest BCUT2D eigenvalue weighted by molar-refractivity contribution is 5.08. The van der Waals surface area contributed by atoms with E-state index in [2.05, 4.69) is 11.4 Å². The van der Waals surface area contributed by atoms with Crippen LogP contribution in [0, 0.1) is 11.3 Å². The summed E-state index contributed by atoms with van der Waals surface area (Å²) in [5.74, 6) is 0. The van der Waals surface area contributed by atoms with Gasteiger partial charge in [-0.2, -0.15) is 5.26 Å². The quantitative estimate of drug-likeness (QED) is 0.745. The van der Waals surface area contributed by atoms with E-state index in [1.54, 1.807) is 11.9 Å². The molecule has 0 aromatic rings. The molecule has 2 atom stereocenters. The van der Waals surface area contributed by atoms with Crippen LogP contribution in [0.2, 0.25) is 0 Å². The average molecular weight is 245 g/mol. The van der Waals surface area contributed by atoms with Crippen molar-refractivity contribution in [3.8, 4) is 6.07 Å². The molecule has 5 heteroatoms. The number of nitrogens with one attached hydrogen (secondary N) is 1. The van der Waals surface area contributed by atoms with Crippen LogP contribution in [0.25, 0.3) is 0 Å². The summed E-state index contributed by atoms with van der Waals surface area (Å²) in [5, 5.41) is 12.5. The summed E-state index contributed by atoms with van der Waals surface area (Å²) < 4.78 is 24.5. The standard InChI is InChI=1S/C12H21F2N3/c1-9(17(3)7-11(13)14)6-12(2,8-15)16-10-4-5-10/h9-11,16H,4-7H2,1-3H3. The molecule has 0 aromatic heterocycles. The van der Waals surface area contributed by atoms with Crippen molar-refractivity contribution in [2.45, 2.75) is 57.2 Å². The summed E-state index contributed by atoms with van der Waals surface area (Å²) in [5.41, 5.74) is -0.614. The predicted octanol–water partition coefficient (Wildman–Crippen LogP) is 2.00. The van der Waals surface area contributed by atoms with Crippen LogP contribution in [0.1, 0.15) is 33.1 Å². The molecule has 1 rings (SSSR count). The monoisotopic (exact) mass is 245 g/mol. The SMILES string of the molecule is CC(CC(C)(C#N)NC1CC1)N(C)CC(F)F. The van der Waals surface area contributed by atoms with E-state index in [0.29, 0.717) is 12.5 Å². The largest absolute Gasteiger partial charge is 0.298 e. The lowest BCUT2D eigenvalue weighted by atomic mass is 9.94. The zero-order valence-electron chi connectivity index (χ0n) is 10.7. The Hall–Kier alpha value is -0.730. The molecule has 0 spiro atoms. The summed E-state index contributed by atoms with van der Waals surface area (Å²) in [6.07, 6.45) is 0.451. The molecule has 0 saturated heterocycles. The molecule has 1 aliphatic carbocycles. The van der Waals surface area contributed by atoms with E-state index >= 15 is 0 Å². The zero-order valence-corrected chi connectivity index (χ0v) is 10.7. The molecule has 1 aliphatic rings. The Bertz CT molecular complexity index is 286. The highest BCUT2D eigenvalue weighted by atomic mass is 19.3. The van der Waals surface area contributed by atoms with Gasteiger partial charge in [0.1, 0.15) is 5.54 Å². The molecule has 0 amide bonds. The molecular formula is C12H21F2N3. The number of rotatable bonds is 7. The van der Waals surface area contributed by atoms with Crippen molar-refractivity contribution in [2.24, 2.45) is 0 Å². The van der Waals surface area contributed by atoms with Crippen molar-refractivity contribution in [1.29, 1.82) is 5.26 Å². The van der Waals surface area contributed by atoms with Gasteiger partial charge >= 0.3 is 0 Å². The number of hydrogen-bond donors (Lipinski definition) is 1. The van der Waals surface area contributed by atoms with Gasteiger partial charge in [-0.25, -0.2) is 8.78 Å². The van der Waals surface area contributed by atoms with Crippen LogP contribution in [0.4, 0.5) is 8.78 Å². The van der Waals surface area contributed by atoms with Crippen LogP contribution < -0.4 is 5.32 Å². The van der Waals surface area contributed by atoms with E-state index in [1.807, 2.05) is 13.8 Å². The normalized spacial score (nSPS) is 21.3. The highest BCUT2D eigenvalue weighted by Gasteiger charge is 2.34. The lowest BCUT2D eigenvalue weighted by molar-refractivity contribution is 0.0777. The first-order valence-electron chi connectivity index (χ1n) is 6.03. The molecule has 2 unspecified atom stereocenters. The molecule has 0 bridgehead atoms. The molecule has 3 nitrogen and oxygen atoms in total. The summed E-state index contributed by atoms with van der Waals surface area (Å²) >= 11 is 0. The van der Waals surface area contributed by atoms with Crippen LogP contribution in [0.5, 0.6) is 0 Å². The Morgan fingerprint density at radius 1 is 1.53 bits per heavy atom. The Balaban J connectivity index is 2.46. The minimum Gasteiger partial charge on any atom is -0.298 e. The topological polar surface area (TPSA) is 39.1 Å². The smallest absolute Gasteiger partial charge is 0.251 e. The summed E-state index contributed by atoms with van der Waals surface area (Å²) in [6.45, 7) is 3.48. The van der Waals surface area contributed by atoms with Crippen LogP contribution in [-0.4, -0.2) is 42.5 Å². The first-order chi connectivity index (χ1) is 7.86. The van der Waals surface area contributed by atoms with E-state index in [9.17, 15) is 14.0 Å². The van der Waals surface area contributed by atoms with Gasteiger partial charge in [0.05, 0.1) is 12.6 Å². The summed E-state index contributed by atoms with van der Waals surface area (Å²) in [7, 11) is 1.67. The molecule has 1 fully saturated rings. The van der Waals surface area contributed by atoms with Crippen LogP contribution in [0.15, 0.2) is 0 Å². The molecule has 98 valence electrons. The number of nitriles is 1. The van der Waals surface area contributed by atoms with Crippen LogP contribution in [-0.2, 0) is 0 Å². The highest BCUT2D eigenvalue weighted by Crippen LogP contribution is 2.25. The van der Waals surface area contributed by atoms with Gasteiger partial charge < -0.3 is 0 Å². The maximum atomic E-state index is 12.3. The maximum absolute atomic E-state index is 12.3. The minimum atomic E-state index is -2.33. The van der Waals surface area contributed by atoms with Gasteiger partial charge in [-0.1, -0.05) is 0 Å². The zero-order chi connectivity index (χ0) is 13.1. The lowest BCUT2D eigenvalue weighted by Crippen LogP contribution is -2.48. The fraction of sp³-hybridized carbons (Fsp3) is 0.917. The summed E-state index contributed by atoms with van der Waals surface area (Å²) in [6, 6.07) is 2.66. The number of hydrogen-bond acceptors (Lipinski definition) is 3. The predicted molar refractivity (Wildman–Crippen MR) is 62.9 cm³/mol. The third-order valence-corrected chi connectivity index (χ3v) is 3.23. The van der Waals surface area contributed by atoms with Gasteiger partial charge in [-0.3, -0.25) is 10.2 Å². The number of alkyl halides is 2. The second kappa shape index (κ2) is 5.74. The summed E-state index contributed by atoms with van der Waals surface area (Å²) in [4.78, 5) is 1.61. The fourth-order valence-electron chi connectivity index (χ4n) is 1.96. The second-order valence-electron chi connectivity index (χ2n) is 5.25. The van der Waals surface area contributed by atoms with Crippen molar-refractivity contribution in [3.63, 3.8) is 0 Å². The van der Waals surface area contributed by atoms with Gasteiger partial charge in [0.25, 0.3) is 6.43 Å². The Morgan fingerprint density at radius 3 is 2.53 bits per heavy atom. The molecule has 0 aliphatic heterocycles. The third kappa shape index (κ3) is 4.97. The number of nitrogens with zero attached hydrogens (tertiary/aromatic N) is 2. The first-order valence-corrected chi connectivity index (χ1v) is 6.03. The molecule has 1 saturated carbocycles. The van der Waals surface area contributed by atoms with Crippen LogP contribution in [0.3, 0.4) is 0 Å². The van der Waals surface area contributed by atoms with Gasteiger partial charge in [-0.15, -0.1) is 0 Å². The molecule has 0 heterocycles. The van der Waals surface area contributed by atoms with E-state index in [-0.39, 0.29) is 12.6 Å². The molecule has 1 N–H and O–H groups in total. The van der Waals surface area contributed by atoms with Gasteiger partial charge in [0, 0.05) is 12.1 Å². The Labute approximate surface area is 102 Å². The second-order valence-corrected chi connectivity index (χ2v) is 5.25.